The standard InChI is InChI=1S/C24H24N4O5/c29-21-7-6-19(23(31)27-21)28-12-18-17(24(28)32)2-1-3-20(18)33-13-22(30)26-16-5-4-14-8-9-25-11-15(14)10-16/h1-5,10,19,25H,6-9,11-13H2,(H,26,30)(H,27,29,31). The first-order valence-corrected chi connectivity index (χ1v) is 11.0. The molecule has 4 amide bonds. The van der Waals surface area contributed by atoms with E-state index in [9.17, 15) is 19.2 Å². The highest BCUT2D eigenvalue weighted by Crippen LogP contribution is 2.33. The zero-order chi connectivity index (χ0) is 22.9. The lowest BCUT2D eigenvalue weighted by molar-refractivity contribution is -0.137. The Labute approximate surface area is 190 Å². The Balaban J connectivity index is 1.24. The normalized spacial score (nSPS) is 19.6. The zero-order valence-corrected chi connectivity index (χ0v) is 18.0. The van der Waals surface area contributed by atoms with E-state index in [0.717, 1.165) is 19.5 Å². The summed E-state index contributed by atoms with van der Waals surface area (Å²) in [5, 5.41) is 8.46. The molecule has 0 radical (unpaired) electrons. The van der Waals surface area contributed by atoms with E-state index in [1.807, 2.05) is 18.2 Å². The van der Waals surface area contributed by atoms with Crippen LogP contribution in [0.2, 0.25) is 0 Å². The summed E-state index contributed by atoms with van der Waals surface area (Å²) in [5.41, 5.74) is 4.25. The minimum atomic E-state index is -0.697. The van der Waals surface area contributed by atoms with Gasteiger partial charge in [0.1, 0.15) is 11.8 Å². The molecule has 5 rings (SSSR count). The van der Waals surface area contributed by atoms with Gasteiger partial charge in [0.05, 0.1) is 6.54 Å². The van der Waals surface area contributed by atoms with Crippen LogP contribution in [0.3, 0.4) is 0 Å². The zero-order valence-electron chi connectivity index (χ0n) is 18.0. The van der Waals surface area contributed by atoms with Gasteiger partial charge in [-0.25, -0.2) is 0 Å². The molecule has 3 N–H and O–H groups in total. The number of piperidine rings is 1. The summed E-state index contributed by atoms with van der Waals surface area (Å²) in [5.74, 6) is -0.944. The number of anilines is 1. The van der Waals surface area contributed by atoms with E-state index in [4.69, 9.17) is 4.74 Å². The second-order valence-electron chi connectivity index (χ2n) is 8.43. The molecule has 170 valence electrons. The molecule has 1 unspecified atom stereocenters. The van der Waals surface area contributed by atoms with Gasteiger partial charge >= 0.3 is 0 Å². The molecule has 3 aliphatic rings. The Morgan fingerprint density at radius 1 is 1.12 bits per heavy atom. The van der Waals surface area contributed by atoms with Crippen molar-refractivity contribution < 1.29 is 23.9 Å². The number of imide groups is 1. The number of hydrogen-bond donors (Lipinski definition) is 3. The first kappa shape index (κ1) is 21.1. The van der Waals surface area contributed by atoms with Crippen LogP contribution in [-0.2, 0) is 33.9 Å². The van der Waals surface area contributed by atoms with E-state index in [0.29, 0.717) is 29.0 Å². The molecule has 0 saturated carbocycles. The van der Waals surface area contributed by atoms with Crippen LogP contribution in [0, 0.1) is 0 Å². The van der Waals surface area contributed by atoms with E-state index in [1.165, 1.54) is 16.0 Å². The van der Waals surface area contributed by atoms with Gasteiger partial charge in [-0.15, -0.1) is 0 Å². The fraction of sp³-hybridized carbons (Fsp3) is 0.333. The van der Waals surface area contributed by atoms with Crippen molar-refractivity contribution in [3.05, 3.63) is 58.7 Å². The highest BCUT2D eigenvalue weighted by atomic mass is 16.5. The van der Waals surface area contributed by atoms with Crippen LogP contribution in [0.25, 0.3) is 0 Å². The van der Waals surface area contributed by atoms with Gasteiger partial charge in [-0.1, -0.05) is 12.1 Å². The third-order valence-corrected chi connectivity index (χ3v) is 6.27. The van der Waals surface area contributed by atoms with E-state index >= 15 is 0 Å². The number of nitrogens with one attached hydrogen (secondary N) is 3. The van der Waals surface area contributed by atoms with Crippen LogP contribution in [0.1, 0.15) is 39.9 Å². The van der Waals surface area contributed by atoms with Gasteiger partial charge in [0, 0.05) is 29.8 Å². The molecular weight excluding hydrogens is 424 g/mol. The molecule has 1 saturated heterocycles. The summed E-state index contributed by atoms with van der Waals surface area (Å²) in [4.78, 5) is 50.5. The Morgan fingerprint density at radius 2 is 2.00 bits per heavy atom. The Morgan fingerprint density at radius 3 is 2.85 bits per heavy atom. The van der Waals surface area contributed by atoms with Crippen molar-refractivity contribution in [2.75, 3.05) is 18.5 Å². The molecule has 0 bridgehead atoms. The summed E-state index contributed by atoms with van der Waals surface area (Å²) in [6.45, 7) is 1.72. The number of benzene rings is 2. The summed E-state index contributed by atoms with van der Waals surface area (Å²) < 4.78 is 5.77. The van der Waals surface area contributed by atoms with Crippen molar-refractivity contribution in [3.8, 4) is 5.75 Å². The van der Waals surface area contributed by atoms with Gasteiger partial charge < -0.3 is 20.3 Å². The van der Waals surface area contributed by atoms with Crippen molar-refractivity contribution in [2.24, 2.45) is 0 Å². The molecule has 2 aromatic carbocycles. The number of rotatable bonds is 5. The third-order valence-electron chi connectivity index (χ3n) is 6.27. The quantitative estimate of drug-likeness (QED) is 0.590. The number of carbonyl (C=O) groups is 4. The lowest BCUT2D eigenvalue weighted by Crippen LogP contribution is -2.52. The van der Waals surface area contributed by atoms with Gasteiger partial charge in [0.15, 0.2) is 6.61 Å². The lowest BCUT2D eigenvalue weighted by atomic mass is 10.0. The second kappa shape index (κ2) is 8.67. The van der Waals surface area contributed by atoms with E-state index in [1.54, 1.807) is 18.2 Å². The number of hydrogen-bond acceptors (Lipinski definition) is 6. The third kappa shape index (κ3) is 4.19. The van der Waals surface area contributed by atoms with Crippen LogP contribution >= 0.6 is 0 Å². The molecule has 1 fully saturated rings. The summed E-state index contributed by atoms with van der Waals surface area (Å²) >= 11 is 0. The average Bonchev–Trinajstić information content (AvgIpc) is 3.14. The van der Waals surface area contributed by atoms with Crippen molar-refractivity contribution in [2.45, 2.75) is 38.4 Å². The second-order valence-corrected chi connectivity index (χ2v) is 8.43. The van der Waals surface area contributed by atoms with Crippen LogP contribution in [-0.4, -0.2) is 47.7 Å². The molecule has 33 heavy (non-hydrogen) atoms. The Hall–Kier alpha value is -3.72. The van der Waals surface area contributed by atoms with Crippen molar-refractivity contribution >= 4 is 29.3 Å². The average molecular weight is 448 g/mol. The first-order chi connectivity index (χ1) is 16.0. The molecule has 1 atom stereocenters. The summed E-state index contributed by atoms with van der Waals surface area (Å²) in [6.07, 6.45) is 1.46. The minimum absolute atomic E-state index is 0.191. The molecule has 0 aliphatic carbocycles. The molecular formula is C24H24N4O5. The fourth-order valence-electron chi connectivity index (χ4n) is 4.59. The number of carbonyl (C=O) groups excluding carboxylic acids is 4. The number of fused-ring (bicyclic) bond motifs is 2. The van der Waals surface area contributed by atoms with Crippen LogP contribution in [0.15, 0.2) is 36.4 Å². The maximum Gasteiger partial charge on any atom is 0.262 e. The van der Waals surface area contributed by atoms with Gasteiger partial charge in [-0.3, -0.25) is 24.5 Å². The molecule has 2 aromatic rings. The molecule has 3 heterocycles. The number of ether oxygens (including phenoxy) is 1. The van der Waals surface area contributed by atoms with Gasteiger partial charge in [-0.2, -0.15) is 0 Å². The molecule has 0 aromatic heterocycles. The summed E-state index contributed by atoms with van der Waals surface area (Å²) in [7, 11) is 0. The molecule has 9 heteroatoms. The van der Waals surface area contributed by atoms with Crippen molar-refractivity contribution in [1.29, 1.82) is 0 Å². The van der Waals surface area contributed by atoms with E-state index in [-0.39, 0.29) is 37.3 Å². The minimum Gasteiger partial charge on any atom is -0.483 e. The maximum atomic E-state index is 12.9. The van der Waals surface area contributed by atoms with Crippen molar-refractivity contribution in [3.63, 3.8) is 0 Å². The fourth-order valence-corrected chi connectivity index (χ4v) is 4.59. The van der Waals surface area contributed by atoms with Crippen LogP contribution in [0.4, 0.5) is 5.69 Å². The smallest absolute Gasteiger partial charge is 0.262 e. The largest absolute Gasteiger partial charge is 0.483 e. The van der Waals surface area contributed by atoms with Crippen molar-refractivity contribution in [1.82, 2.24) is 15.5 Å². The SMILES string of the molecule is O=C1CCC(N2Cc3c(OCC(=O)Nc4ccc5c(c4)CNCC5)cccc3C2=O)C(=O)N1. The van der Waals surface area contributed by atoms with Gasteiger partial charge in [0.2, 0.25) is 11.8 Å². The van der Waals surface area contributed by atoms with E-state index < -0.39 is 11.9 Å². The van der Waals surface area contributed by atoms with E-state index in [2.05, 4.69) is 16.0 Å². The summed E-state index contributed by atoms with van der Waals surface area (Å²) in [6, 6.07) is 10.3. The molecule has 0 spiro atoms. The highest BCUT2D eigenvalue weighted by Gasteiger charge is 2.40. The predicted molar refractivity (Wildman–Crippen MR) is 118 cm³/mol. The molecule has 9 nitrogen and oxygen atoms in total. The number of amides is 4. The first-order valence-electron chi connectivity index (χ1n) is 11.0. The molecule has 3 aliphatic heterocycles. The predicted octanol–water partition coefficient (Wildman–Crippen LogP) is 1.11. The Kier molecular flexibility index (Phi) is 5.55. The van der Waals surface area contributed by atoms with Crippen LogP contribution < -0.4 is 20.7 Å². The topological polar surface area (TPSA) is 117 Å². The Bertz CT molecular complexity index is 1160. The lowest BCUT2D eigenvalue weighted by Gasteiger charge is -2.29. The van der Waals surface area contributed by atoms with Gasteiger partial charge in [0.25, 0.3) is 11.8 Å². The number of nitrogens with zero attached hydrogens (tertiary/aromatic N) is 1. The maximum absolute atomic E-state index is 12.9. The van der Waals surface area contributed by atoms with Gasteiger partial charge in [-0.05, 0) is 54.8 Å². The monoisotopic (exact) mass is 448 g/mol. The van der Waals surface area contributed by atoms with Crippen LogP contribution in [0.5, 0.6) is 5.75 Å². The highest BCUT2D eigenvalue weighted by molar-refractivity contribution is 6.05.